The second-order valence-electron chi connectivity index (χ2n) is 6.70. The molecule has 2 aliphatic carbocycles. The lowest BCUT2D eigenvalue weighted by molar-refractivity contribution is 0.0948. The van der Waals surface area contributed by atoms with Gasteiger partial charge >= 0.3 is 0 Å². The number of para-hydroxylation sites is 2. The zero-order valence-corrected chi connectivity index (χ0v) is 15.0. The van der Waals surface area contributed by atoms with Gasteiger partial charge in [-0.2, -0.15) is 5.10 Å². The number of allylic oxidation sites excluding steroid dienone is 2. The van der Waals surface area contributed by atoms with Gasteiger partial charge in [0.05, 0.1) is 5.56 Å². The molecule has 0 radical (unpaired) electrons. The van der Waals surface area contributed by atoms with E-state index in [-0.39, 0.29) is 5.91 Å². The number of ether oxygens (including phenoxy) is 2. The van der Waals surface area contributed by atoms with Crippen LogP contribution in [0, 0.1) is 11.8 Å². The number of carbonyl (C=O) groups is 1. The first-order valence-corrected chi connectivity index (χ1v) is 9.24. The molecule has 5 nitrogen and oxygen atoms in total. The maximum absolute atomic E-state index is 12.5. The van der Waals surface area contributed by atoms with Gasteiger partial charge in [-0.3, -0.25) is 4.79 Å². The fourth-order valence-corrected chi connectivity index (χ4v) is 3.45. The van der Waals surface area contributed by atoms with Crippen LogP contribution in [0.3, 0.4) is 0 Å². The average Bonchev–Trinajstić information content (AvgIpc) is 3.07. The highest BCUT2D eigenvalue weighted by atomic mass is 16.5. The lowest BCUT2D eigenvalue weighted by atomic mass is 9.74. The number of benzene rings is 2. The molecular formula is C22H22N2O3. The van der Waals surface area contributed by atoms with Crippen LogP contribution >= 0.6 is 0 Å². The Hall–Kier alpha value is -3.08. The molecule has 0 spiro atoms. The van der Waals surface area contributed by atoms with Crippen molar-refractivity contribution in [3.63, 3.8) is 0 Å². The lowest BCUT2D eigenvalue weighted by Crippen LogP contribution is -2.35. The number of hydrazone groups is 1. The Morgan fingerprint density at radius 1 is 1.04 bits per heavy atom. The van der Waals surface area contributed by atoms with E-state index in [1.54, 1.807) is 12.1 Å². The van der Waals surface area contributed by atoms with Crippen LogP contribution in [0.1, 0.15) is 23.2 Å². The summed E-state index contributed by atoms with van der Waals surface area (Å²) in [5, 5.41) is 4.31. The van der Waals surface area contributed by atoms with Crippen molar-refractivity contribution in [2.24, 2.45) is 16.9 Å². The first-order valence-electron chi connectivity index (χ1n) is 9.24. The van der Waals surface area contributed by atoms with Crippen LogP contribution in [0.15, 0.2) is 71.9 Å². The number of hydrogen-bond donors (Lipinski definition) is 1. The van der Waals surface area contributed by atoms with Crippen LogP contribution in [-0.4, -0.2) is 24.8 Å². The van der Waals surface area contributed by atoms with E-state index in [4.69, 9.17) is 9.47 Å². The molecule has 0 heterocycles. The first kappa shape index (κ1) is 17.3. The van der Waals surface area contributed by atoms with Gasteiger partial charge in [-0.1, -0.05) is 42.5 Å². The number of fused-ring (bicyclic) bond motifs is 1. The molecule has 2 unspecified atom stereocenters. The second-order valence-corrected chi connectivity index (χ2v) is 6.70. The van der Waals surface area contributed by atoms with Crippen LogP contribution in [0.5, 0.6) is 11.5 Å². The number of rotatable bonds is 7. The van der Waals surface area contributed by atoms with Crippen molar-refractivity contribution in [1.29, 1.82) is 0 Å². The lowest BCUT2D eigenvalue weighted by Gasteiger charge is -2.31. The van der Waals surface area contributed by atoms with Gasteiger partial charge in [-0.25, -0.2) is 5.43 Å². The molecule has 4 rings (SSSR count). The number of nitrogens with zero attached hydrogens (tertiary/aromatic N) is 1. The predicted molar refractivity (Wildman–Crippen MR) is 104 cm³/mol. The minimum Gasteiger partial charge on any atom is -0.490 e. The standard InChI is InChI=1S/C22H22N2O3/c25-22(24-23-20-15-16-7-6-11-18(16)20)19-10-4-5-12-21(19)27-14-13-26-17-8-2-1-3-9-17/h1-6,8-12,16,18H,7,13-15H2,(H,24,25)/b23-20+. The molecule has 1 amide bonds. The van der Waals surface area contributed by atoms with Crippen molar-refractivity contribution < 1.29 is 14.3 Å². The number of carbonyl (C=O) groups excluding carboxylic acids is 1. The quantitative estimate of drug-likeness (QED) is 0.463. The van der Waals surface area contributed by atoms with Gasteiger partial charge in [0.1, 0.15) is 24.7 Å². The number of amides is 1. The van der Waals surface area contributed by atoms with Crippen molar-refractivity contribution in [2.75, 3.05) is 13.2 Å². The van der Waals surface area contributed by atoms with Crippen molar-refractivity contribution in [3.8, 4) is 11.5 Å². The van der Waals surface area contributed by atoms with Gasteiger partial charge < -0.3 is 9.47 Å². The van der Waals surface area contributed by atoms with Crippen LogP contribution in [-0.2, 0) is 0 Å². The molecule has 27 heavy (non-hydrogen) atoms. The van der Waals surface area contributed by atoms with Gasteiger partial charge in [0, 0.05) is 11.6 Å². The molecule has 5 heteroatoms. The SMILES string of the molecule is O=C(N/N=C1\CC2CC=CC12)c1ccccc1OCCOc1ccccc1. The number of nitrogens with one attached hydrogen (secondary N) is 1. The topological polar surface area (TPSA) is 59.9 Å². The highest BCUT2D eigenvalue weighted by Gasteiger charge is 2.37. The summed E-state index contributed by atoms with van der Waals surface area (Å²) in [7, 11) is 0. The Morgan fingerprint density at radius 2 is 1.81 bits per heavy atom. The summed E-state index contributed by atoms with van der Waals surface area (Å²) in [5.74, 6) is 2.15. The van der Waals surface area contributed by atoms with Gasteiger partial charge in [-0.05, 0) is 43.0 Å². The molecule has 2 aromatic rings. The molecule has 0 aliphatic heterocycles. The summed E-state index contributed by atoms with van der Waals surface area (Å²) in [6.45, 7) is 0.750. The van der Waals surface area contributed by atoms with E-state index < -0.39 is 0 Å². The fraction of sp³-hybridized carbons (Fsp3) is 0.273. The predicted octanol–water partition coefficient (Wildman–Crippen LogP) is 3.83. The third kappa shape index (κ3) is 4.03. The molecule has 0 saturated heterocycles. The number of hydrogen-bond acceptors (Lipinski definition) is 4. The van der Waals surface area contributed by atoms with E-state index in [2.05, 4.69) is 22.7 Å². The Balaban J connectivity index is 1.31. The molecule has 2 atom stereocenters. The minimum absolute atomic E-state index is 0.257. The monoisotopic (exact) mass is 362 g/mol. The van der Waals surface area contributed by atoms with Crippen molar-refractivity contribution >= 4 is 11.6 Å². The highest BCUT2D eigenvalue weighted by molar-refractivity contribution is 5.99. The van der Waals surface area contributed by atoms with Crippen molar-refractivity contribution in [1.82, 2.24) is 5.43 Å². The molecule has 2 aromatic carbocycles. The fourth-order valence-electron chi connectivity index (χ4n) is 3.45. The third-order valence-electron chi connectivity index (χ3n) is 4.93. The first-order chi connectivity index (χ1) is 13.3. The molecule has 1 fully saturated rings. The molecule has 0 bridgehead atoms. The molecule has 138 valence electrons. The van der Waals surface area contributed by atoms with Gasteiger partial charge in [-0.15, -0.1) is 0 Å². The van der Waals surface area contributed by atoms with E-state index in [0.29, 0.717) is 36.4 Å². The summed E-state index contributed by atoms with van der Waals surface area (Å²) < 4.78 is 11.4. The molecule has 1 saturated carbocycles. The summed E-state index contributed by atoms with van der Waals surface area (Å²) in [6, 6.07) is 16.7. The maximum Gasteiger partial charge on any atom is 0.275 e. The molecule has 2 aliphatic rings. The zero-order valence-electron chi connectivity index (χ0n) is 15.0. The maximum atomic E-state index is 12.5. The molecule has 1 N–H and O–H groups in total. The van der Waals surface area contributed by atoms with Crippen LogP contribution in [0.2, 0.25) is 0 Å². The van der Waals surface area contributed by atoms with Crippen molar-refractivity contribution in [2.45, 2.75) is 12.8 Å². The van der Waals surface area contributed by atoms with Crippen molar-refractivity contribution in [3.05, 3.63) is 72.3 Å². The largest absolute Gasteiger partial charge is 0.490 e. The Kier molecular flexibility index (Phi) is 5.19. The summed E-state index contributed by atoms with van der Waals surface area (Å²) in [5.41, 5.74) is 4.20. The van der Waals surface area contributed by atoms with Crippen LogP contribution in [0.4, 0.5) is 0 Å². The minimum atomic E-state index is -0.257. The summed E-state index contributed by atoms with van der Waals surface area (Å²) in [4.78, 5) is 12.5. The summed E-state index contributed by atoms with van der Waals surface area (Å²) >= 11 is 0. The molecule has 0 aromatic heterocycles. The van der Waals surface area contributed by atoms with E-state index in [1.807, 2.05) is 42.5 Å². The van der Waals surface area contributed by atoms with E-state index in [9.17, 15) is 4.79 Å². The van der Waals surface area contributed by atoms with Gasteiger partial charge in [0.25, 0.3) is 5.91 Å². The van der Waals surface area contributed by atoms with Gasteiger partial charge in [0.15, 0.2) is 0 Å². The second kappa shape index (κ2) is 8.08. The Bertz CT molecular complexity index is 861. The normalized spacial score (nSPS) is 21.4. The Labute approximate surface area is 158 Å². The van der Waals surface area contributed by atoms with E-state index in [0.717, 1.165) is 24.3 Å². The Morgan fingerprint density at radius 3 is 2.67 bits per heavy atom. The third-order valence-corrected chi connectivity index (χ3v) is 4.93. The van der Waals surface area contributed by atoms with Gasteiger partial charge in [0.2, 0.25) is 0 Å². The zero-order chi connectivity index (χ0) is 18.5. The van der Waals surface area contributed by atoms with E-state index >= 15 is 0 Å². The van der Waals surface area contributed by atoms with Crippen LogP contribution < -0.4 is 14.9 Å². The highest BCUT2D eigenvalue weighted by Crippen LogP contribution is 2.40. The average molecular weight is 362 g/mol. The van der Waals surface area contributed by atoms with E-state index in [1.165, 1.54) is 0 Å². The van der Waals surface area contributed by atoms with Crippen LogP contribution in [0.25, 0.3) is 0 Å². The summed E-state index contributed by atoms with van der Waals surface area (Å²) in [6.07, 6.45) is 6.47. The molecular weight excluding hydrogens is 340 g/mol. The smallest absolute Gasteiger partial charge is 0.275 e.